The molecule has 3 rings (SSSR count). The van der Waals surface area contributed by atoms with Gasteiger partial charge in [0, 0.05) is 31.6 Å². The number of amides is 2. The number of piperidine rings is 1. The molecule has 6 heteroatoms. The summed E-state index contributed by atoms with van der Waals surface area (Å²) in [4.78, 5) is 25.8. The lowest BCUT2D eigenvalue weighted by atomic mass is 10.0. The fourth-order valence-electron chi connectivity index (χ4n) is 2.86. The minimum atomic E-state index is -0.497. The van der Waals surface area contributed by atoms with Crippen molar-refractivity contribution in [2.45, 2.75) is 25.0 Å². The van der Waals surface area contributed by atoms with E-state index in [1.807, 2.05) is 18.2 Å². The fraction of sp³-hybridized carbons (Fsp3) is 0.500. The van der Waals surface area contributed by atoms with Gasteiger partial charge in [-0.2, -0.15) is 0 Å². The molecule has 0 bridgehead atoms. The number of ether oxygens (including phenoxy) is 2. The molecule has 22 heavy (non-hydrogen) atoms. The normalized spacial score (nSPS) is 20.1. The molecule has 2 saturated heterocycles. The number of anilines is 1. The number of para-hydroxylation sites is 1. The lowest BCUT2D eigenvalue weighted by Crippen LogP contribution is -2.47. The summed E-state index contributed by atoms with van der Waals surface area (Å²) in [6, 6.07) is 9.13. The molecule has 0 radical (unpaired) electrons. The number of hydrogen-bond acceptors (Lipinski definition) is 4. The summed E-state index contributed by atoms with van der Waals surface area (Å²) in [5.74, 6) is -0.936. The van der Waals surface area contributed by atoms with Crippen molar-refractivity contribution in [2.24, 2.45) is 0 Å². The number of carbonyl (C=O) groups excluding carboxylic acids is 2. The van der Waals surface area contributed by atoms with Crippen LogP contribution in [0.1, 0.15) is 19.3 Å². The number of rotatable bonds is 3. The first-order valence-corrected chi connectivity index (χ1v) is 7.57. The molecule has 1 spiro atoms. The highest BCUT2D eigenvalue weighted by molar-refractivity contribution is 6.03. The molecular formula is C16H20N2O4. The molecule has 0 saturated carbocycles. The molecule has 1 aromatic carbocycles. The molecule has 1 aromatic rings. The first-order chi connectivity index (χ1) is 10.7. The summed E-state index contributed by atoms with van der Waals surface area (Å²) in [6.07, 6.45) is 1.20. The standard InChI is InChI=1S/C16H20N2O4/c19-14(17-13-4-2-1-3-5-13)12-15(20)18-8-6-16(7-9-18)21-10-11-22-16/h1-5H,6-12H2,(H,17,19). The van der Waals surface area contributed by atoms with Crippen LogP contribution in [-0.4, -0.2) is 48.8 Å². The second kappa shape index (κ2) is 6.46. The third-order valence-corrected chi connectivity index (χ3v) is 4.06. The Morgan fingerprint density at radius 1 is 1.09 bits per heavy atom. The van der Waals surface area contributed by atoms with Crippen LogP contribution in [0.3, 0.4) is 0 Å². The van der Waals surface area contributed by atoms with Crippen LogP contribution in [0.25, 0.3) is 0 Å². The second-order valence-electron chi connectivity index (χ2n) is 5.58. The molecule has 6 nitrogen and oxygen atoms in total. The first-order valence-electron chi connectivity index (χ1n) is 7.57. The maximum absolute atomic E-state index is 12.2. The van der Waals surface area contributed by atoms with Gasteiger partial charge in [0.2, 0.25) is 11.8 Å². The summed E-state index contributed by atoms with van der Waals surface area (Å²) >= 11 is 0. The fourth-order valence-corrected chi connectivity index (χ4v) is 2.86. The third kappa shape index (κ3) is 3.45. The van der Waals surface area contributed by atoms with Gasteiger partial charge in [0.1, 0.15) is 6.42 Å². The first kappa shape index (κ1) is 15.0. The molecule has 2 fully saturated rings. The molecule has 1 N–H and O–H groups in total. The average molecular weight is 304 g/mol. The minimum absolute atomic E-state index is 0.135. The Kier molecular flexibility index (Phi) is 4.40. The monoisotopic (exact) mass is 304 g/mol. The van der Waals surface area contributed by atoms with Gasteiger partial charge in [-0.1, -0.05) is 18.2 Å². The van der Waals surface area contributed by atoms with Crippen molar-refractivity contribution in [3.8, 4) is 0 Å². The minimum Gasteiger partial charge on any atom is -0.347 e. The molecule has 2 aliphatic heterocycles. The van der Waals surface area contributed by atoms with Gasteiger partial charge in [-0.25, -0.2) is 0 Å². The van der Waals surface area contributed by atoms with Gasteiger partial charge in [-0.15, -0.1) is 0 Å². The lowest BCUT2D eigenvalue weighted by Gasteiger charge is -2.37. The van der Waals surface area contributed by atoms with E-state index in [2.05, 4.69) is 5.32 Å². The highest BCUT2D eigenvalue weighted by atomic mass is 16.7. The predicted molar refractivity (Wildman–Crippen MR) is 80.1 cm³/mol. The third-order valence-electron chi connectivity index (χ3n) is 4.06. The lowest BCUT2D eigenvalue weighted by molar-refractivity contribution is -0.187. The van der Waals surface area contributed by atoms with Gasteiger partial charge in [0.05, 0.1) is 13.2 Å². The highest BCUT2D eigenvalue weighted by Crippen LogP contribution is 2.31. The summed E-state index contributed by atoms with van der Waals surface area (Å²) < 4.78 is 11.3. The molecular weight excluding hydrogens is 284 g/mol. The van der Waals surface area contributed by atoms with Crippen molar-refractivity contribution in [2.75, 3.05) is 31.6 Å². The van der Waals surface area contributed by atoms with Crippen LogP contribution in [0.5, 0.6) is 0 Å². The van der Waals surface area contributed by atoms with E-state index in [-0.39, 0.29) is 18.2 Å². The van der Waals surface area contributed by atoms with Gasteiger partial charge in [0.15, 0.2) is 5.79 Å². The zero-order chi connectivity index (χ0) is 15.4. The zero-order valence-corrected chi connectivity index (χ0v) is 12.4. The second-order valence-corrected chi connectivity index (χ2v) is 5.58. The summed E-state index contributed by atoms with van der Waals surface area (Å²) in [6.45, 7) is 2.37. The van der Waals surface area contributed by atoms with Crippen LogP contribution in [0.2, 0.25) is 0 Å². The van der Waals surface area contributed by atoms with Crippen LogP contribution >= 0.6 is 0 Å². The SMILES string of the molecule is O=C(CC(=O)N1CCC2(CC1)OCCO2)Nc1ccccc1. The van der Waals surface area contributed by atoms with Crippen LogP contribution in [-0.2, 0) is 19.1 Å². The number of benzene rings is 1. The smallest absolute Gasteiger partial charge is 0.233 e. The maximum atomic E-state index is 12.2. The van der Waals surface area contributed by atoms with Crippen LogP contribution in [0, 0.1) is 0 Å². The summed E-state index contributed by atoms with van der Waals surface area (Å²) in [7, 11) is 0. The molecule has 0 aromatic heterocycles. The van der Waals surface area contributed by atoms with E-state index in [0.717, 1.165) is 0 Å². The average Bonchev–Trinajstić information content (AvgIpc) is 2.97. The number of hydrogen-bond donors (Lipinski definition) is 1. The van der Waals surface area contributed by atoms with Crippen LogP contribution in [0.4, 0.5) is 5.69 Å². The van der Waals surface area contributed by atoms with E-state index >= 15 is 0 Å². The van der Waals surface area contributed by atoms with E-state index in [1.165, 1.54) is 0 Å². The van der Waals surface area contributed by atoms with Crippen molar-refractivity contribution in [1.82, 2.24) is 4.90 Å². The topological polar surface area (TPSA) is 67.9 Å². The van der Waals surface area contributed by atoms with Gasteiger partial charge in [-0.05, 0) is 12.1 Å². The Balaban J connectivity index is 1.47. The van der Waals surface area contributed by atoms with E-state index in [1.54, 1.807) is 17.0 Å². The zero-order valence-electron chi connectivity index (χ0n) is 12.4. The molecule has 2 heterocycles. The Labute approximate surface area is 129 Å². The summed E-state index contributed by atoms with van der Waals surface area (Å²) in [5.41, 5.74) is 0.700. The molecule has 118 valence electrons. The molecule has 2 aliphatic rings. The number of likely N-dealkylation sites (tertiary alicyclic amines) is 1. The molecule has 0 aliphatic carbocycles. The van der Waals surface area contributed by atoms with Crippen molar-refractivity contribution in [3.05, 3.63) is 30.3 Å². The van der Waals surface area contributed by atoms with Crippen molar-refractivity contribution >= 4 is 17.5 Å². The Morgan fingerprint density at radius 2 is 1.73 bits per heavy atom. The van der Waals surface area contributed by atoms with Gasteiger partial charge < -0.3 is 19.7 Å². The Hall–Kier alpha value is -1.92. The predicted octanol–water partition coefficient (Wildman–Crippen LogP) is 1.38. The van der Waals surface area contributed by atoms with Gasteiger partial charge >= 0.3 is 0 Å². The number of carbonyl (C=O) groups is 2. The van der Waals surface area contributed by atoms with Gasteiger partial charge in [0.25, 0.3) is 0 Å². The van der Waals surface area contributed by atoms with E-state index in [4.69, 9.17) is 9.47 Å². The van der Waals surface area contributed by atoms with Crippen molar-refractivity contribution in [1.29, 1.82) is 0 Å². The van der Waals surface area contributed by atoms with Crippen molar-refractivity contribution in [3.63, 3.8) is 0 Å². The maximum Gasteiger partial charge on any atom is 0.233 e. The summed E-state index contributed by atoms with van der Waals surface area (Å²) in [5, 5.41) is 2.72. The largest absolute Gasteiger partial charge is 0.347 e. The Bertz CT molecular complexity index is 530. The van der Waals surface area contributed by atoms with E-state index in [0.29, 0.717) is 44.8 Å². The molecule has 0 atom stereocenters. The van der Waals surface area contributed by atoms with E-state index < -0.39 is 5.79 Å². The molecule has 0 unspecified atom stereocenters. The number of nitrogens with zero attached hydrogens (tertiary/aromatic N) is 1. The van der Waals surface area contributed by atoms with Crippen molar-refractivity contribution < 1.29 is 19.1 Å². The van der Waals surface area contributed by atoms with Crippen LogP contribution < -0.4 is 5.32 Å². The Morgan fingerprint density at radius 3 is 2.36 bits per heavy atom. The molecule has 2 amide bonds. The highest BCUT2D eigenvalue weighted by Gasteiger charge is 2.40. The van der Waals surface area contributed by atoms with Crippen LogP contribution in [0.15, 0.2) is 30.3 Å². The quantitative estimate of drug-likeness (QED) is 0.857. The van der Waals surface area contributed by atoms with Gasteiger partial charge in [-0.3, -0.25) is 9.59 Å². The van der Waals surface area contributed by atoms with E-state index in [9.17, 15) is 9.59 Å². The number of nitrogens with one attached hydrogen (secondary N) is 1.